The zero-order chi connectivity index (χ0) is 15.1. The third-order valence-electron chi connectivity index (χ3n) is 3.74. The minimum absolute atomic E-state index is 0.0473. The number of nitrogens with zero attached hydrogens (tertiary/aromatic N) is 1. The van der Waals surface area contributed by atoms with Crippen LogP contribution in [0.1, 0.15) is 23.2 Å². The van der Waals surface area contributed by atoms with Gasteiger partial charge in [-0.3, -0.25) is 4.79 Å². The molecule has 0 aliphatic carbocycles. The zero-order valence-electron chi connectivity index (χ0n) is 12.8. The molecular formula is C16H24N2O3. The van der Waals surface area contributed by atoms with Gasteiger partial charge < -0.3 is 19.7 Å². The maximum Gasteiger partial charge on any atom is 0.254 e. The Hall–Kier alpha value is -1.59. The molecule has 1 heterocycles. The molecule has 21 heavy (non-hydrogen) atoms. The first-order chi connectivity index (χ1) is 10.2. The number of carbonyl (C=O) groups is 1. The number of ether oxygens (including phenoxy) is 2. The summed E-state index contributed by atoms with van der Waals surface area (Å²) >= 11 is 0. The Morgan fingerprint density at radius 3 is 3.00 bits per heavy atom. The molecule has 1 amide bonds. The van der Waals surface area contributed by atoms with Crippen molar-refractivity contribution in [3.63, 3.8) is 0 Å². The maximum absolute atomic E-state index is 12.5. The average molecular weight is 292 g/mol. The van der Waals surface area contributed by atoms with Crippen LogP contribution in [0.4, 0.5) is 0 Å². The average Bonchev–Trinajstić information content (AvgIpc) is 3.05. The number of nitrogens with one attached hydrogen (secondary N) is 1. The van der Waals surface area contributed by atoms with E-state index >= 15 is 0 Å². The van der Waals surface area contributed by atoms with Gasteiger partial charge in [-0.05, 0) is 31.2 Å². The predicted octanol–water partition coefficient (Wildman–Crippen LogP) is 1.54. The maximum atomic E-state index is 12.5. The van der Waals surface area contributed by atoms with Crippen LogP contribution in [0.25, 0.3) is 0 Å². The number of likely N-dealkylation sites (N-methyl/N-ethyl adjacent to an activating group) is 1. The first-order valence-electron chi connectivity index (χ1n) is 7.42. The number of amides is 1. The molecule has 0 spiro atoms. The third-order valence-corrected chi connectivity index (χ3v) is 3.74. The van der Waals surface area contributed by atoms with Crippen molar-refractivity contribution >= 4 is 5.91 Å². The number of benzene rings is 1. The van der Waals surface area contributed by atoms with Crippen molar-refractivity contribution in [2.75, 3.05) is 40.5 Å². The molecule has 2 rings (SSSR count). The van der Waals surface area contributed by atoms with Crippen LogP contribution in [0.3, 0.4) is 0 Å². The van der Waals surface area contributed by atoms with Crippen LogP contribution in [-0.4, -0.2) is 57.3 Å². The van der Waals surface area contributed by atoms with Crippen LogP contribution in [0.2, 0.25) is 0 Å². The van der Waals surface area contributed by atoms with E-state index in [2.05, 4.69) is 5.32 Å². The molecule has 0 bridgehead atoms. The van der Waals surface area contributed by atoms with Crippen molar-refractivity contribution in [3.05, 3.63) is 29.8 Å². The molecule has 1 aromatic rings. The smallest absolute Gasteiger partial charge is 0.254 e. The predicted molar refractivity (Wildman–Crippen MR) is 81.8 cm³/mol. The molecule has 1 atom stereocenters. The van der Waals surface area contributed by atoms with Gasteiger partial charge in [0.05, 0.1) is 6.61 Å². The van der Waals surface area contributed by atoms with Gasteiger partial charge >= 0.3 is 0 Å². The topological polar surface area (TPSA) is 50.8 Å². The molecule has 1 N–H and O–H groups in total. The highest BCUT2D eigenvalue weighted by atomic mass is 16.5. The van der Waals surface area contributed by atoms with Crippen LogP contribution >= 0.6 is 0 Å². The van der Waals surface area contributed by atoms with E-state index < -0.39 is 0 Å². The van der Waals surface area contributed by atoms with Gasteiger partial charge in [-0.1, -0.05) is 6.07 Å². The third kappa shape index (κ3) is 4.44. The highest BCUT2D eigenvalue weighted by molar-refractivity contribution is 5.94. The second kappa shape index (κ2) is 8.00. The summed E-state index contributed by atoms with van der Waals surface area (Å²) in [6, 6.07) is 7.67. The lowest BCUT2D eigenvalue weighted by Gasteiger charge is -2.24. The number of carbonyl (C=O) groups excluding carboxylic acids is 1. The number of hydrogen-bond acceptors (Lipinski definition) is 4. The fraction of sp³-hybridized carbons (Fsp3) is 0.562. The zero-order valence-corrected chi connectivity index (χ0v) is 12.8. The van der Waals surface area contributed by atoms with Gasteiger partial charge in [-0.25, -0.2) is 0 Å². The molecule has 1 fully saturated rings. The molecular weight excluding hydrogens is 268 g/mol. The van der Waals surface area contributed by atoms with Crippen LogP contribution < -0.4 is 10.1 Å². The van der Waals surface area contributed by atoms with Crippen molar-refractivity contribution in [1.82, 2.24) is 10.2 Å². The highest BCUT2D eigenvalue weighted by Gasteiger charge is 2.24. The van der Waals surface area contributed by atoms with Gasteiger partial charge in [0.25, 0.3) is 5.91 Å². The summed E-state index contributed by atoms with van der Waals surface area (Å²) in [5, 5.41) is 3.28. The lowest BCUT2D eigenvalue weighted by Crippen LogP contribution is -2.38. The Labute approximate surface area is 126 Å². The molecule has 1 saturated heterocycles. The standard InChI is InChI=1S/C16H24N2O3/c1-18(14-7-8-17-12-14)16(19)13-5-3-6-15(11-13)21-10-4-9-20-2/h3,5-6,11,14,17H,4,7-10,12H2,1-2H3. The van der Waals surface area contributed by atoms with Crippen molar-refractivity contribution in [2.24, 2.45) is 0 Å². The van der Waals surface area contributed by atoms with Crippen LogP contribution in [-0.2, 0) is 4.74 Å². The summed E-state index contributed by atoms with van der Waals surface area (Å²) in [5.41, 5.74) is 0.675. The molecule has 5 nitrogen and oxygen atoms in total. The van der Waals surface area contributed by atoms with Gasteiger partial charge in [-0.2, -0.15) is 0 Å². The Bertz CT molecular complexity index is 459. The molecule has 1 aliphatic rings. The van der Waals surface area contributed by atoms with Crippen LogP contribution in [0.15, 0.2) is 24.3 Å². The fourth-order valence-corrected chi connectivity index (χ4v) is 2.45. The molecule has 0 saturated carbocycles. The molecule has 0 radical (unpaired) electrons. The summed E-state index contributed by atoms with van der Waals surface area (Å²) in [5.74, 6) is 0.779. The van der Waals surface area contributed by atoms with E-state index in [1.807, 2.05) is 36.2 Å². The molecule has 0 aromatic heterocycles. The monoisotopic (exact) mass is 292 g/mol. The number of rotatable bonds is 7. The van der Waals surface area contributed by atoms with E-state index in [9.17, 15) is 4.79 Å². The van der Waals surface area contributed by atoms with E-state index in [1.165, 1.54) is 0 Å². The van der Waals surface area contributed by atoms with Gasteiger partial charge in [-0.15, -0.1) is 0 Å². The number of methoxy groups -OCH3 is 1. The molecule has 1 aliphatic heterocycles. The highest BCUT2D eigenvalue weighted by Crippen LogP contribution is 2.17. The summed E-state index contributed by atoms with van der Waals surface area (Å²) in [4.78, 5) is 14.3. The molecule has 1 unspecified atom stereocenters. The second-order valence-corrected chi connectivity index (χ2v) is 5.29. The Balaban J connectivity index is 1.94. The summed E-state index contributed by atoms with van der Waals surface area (Å²) in [6.45, 7) is 3.12. The van der Waals surface area contributed by atoms with Crippen molar-refractivity contribution < 1.29 is 14.3 Å². The molecule has 116 valence electrons. The van der Waals surface area contributed by atoms with E-state index in [4.69, 9.17) is 9.47 Å². The molecule has 5 heteroatoms. The normalized spacial score (nSPS) is 17.7. The van der Waals surface area contributed by atoms with Gasteiger partial charge in [0.1, 0.15) is 5.75 Å². The largest absolute Gasteiger partial charge is 0.493 e. The van der Waals surface area contributed by atoms with Crippen molar-refractivity contribution in [1.29, 1.82) is 0 Å². The Morgan fingerprint density at radius 2 is 2.29 bits per heavy atom. The van der Waals surface area contributed by atoms with E-state index in [0.717, 1.165) is 31.7 Å². The van der Waals surface area contributed by atoms with E-state index in [-0.39, 0.29) is 11.9 Å². The number of hydrogen-bond donors (Lipinski definition) is 1. The Morgan fingerprint density at radius 1 is 1.43 bits per heavy atom. The quantitative estimate of drug-likeness (QED) is 0.775. The Kier molecular flexibility index (Phi) is 6.02. The lowest BCUT2D eigenvalue weighted by atomic mass is 10.1. The lowest BCUT2D eigenvalue weighted by molar-refractivity contribution is 0.0743. The molecule has 1 aromatic carbocycles. The first-order valence-corrected chi connectivity index (χ1v) is 7.42. The second-order valence-electron chi connectivity index (χ2n) is 5.29. The van der Waals surface area contributed by atoms with Crippen LogP contribution in [0, 0.1) is 0 Å². The van der Waals surface area contributed by atoms with Crippen LogP contribution in [0.5, 0.6) is 5.75 Å². The van der Waals surface area contributed by atoms with E-state index in [0.29, 0.717) is 18.8 Å². The summed E-state index contributed by atoms with van der Waals surface area (Å²) in [6.07, 6.45) is 1.85. The first kappa shape index (κ1) is 15.8. The fourth-order valence-electron chi connectivity index (χ4n) is 2.45. The summed E-state index contributed by atoms with van der Waals surface area (Å²) in [7, 11) is 3.54. The SMILES string of the molecule is COCCCOc1cccc(C(=O)N(C)C2CCNC2)c1. The van der Waals surface area contributed by atoms with Gasteiger partial charge in [0.15, 0.2) is 0 Å². The minimum Gasteiger partial charge on any atom is -0.493 e. The summed E-state index contributed by atoms with van der Waals surface area (Å²) < 4.78 is 10.6. The minimum atomic E-state index is 0.0473. The van der Waals surface area contributed by atoms with Gasteiger partial charge in [0, 0.05) is 45.3 Å². The van der Waals surface area contributed by atoms with Gasteiger partial charge in [0.2, 0.25) is 0 Å². The van der Waals surface area contributed by atoms with E-state index in [1.54, 1.807) is 7.11 Å². The van der Waals surface area contributed by atoms with Crippen molar-refractivity contribution in [2.45, 2.75) is 18.9 Å². The van der Waals surface area contributed by atoms with Crippen molar-refractivity contribution in [3.8, 4) is 5.75 Å².